The number of aliphatic imine (C=N–C) groups is 3. The zero-order valence-corrected chi connectivity index (χ0v) is 80.4. The van der Waals surface area contributed by atoms with E-state index in [1.807, 2.05) is 0 Å². The van der Waals surface area contributed by atoms with Crippen LogP contribution in [-0.4, -0.2) is 226 Å². The number of benzene rings is 6. The van der Waals surface area contributed by atoms with E-state index in [1.165, 1.54) is 55.4 Å². The molecule has 0 atom stereocenters. The fourth-order valence-corrected chi connectivity index (χ4v) is 22.2. The van der Waals surface area contributed by atoms with Crippen LogP contribution in [0, 0.1) is 20.8 Å². The Morgan fingerprint density at radius 1 is 0.345 bits per heavy atom. The Bertz CT molecular complexity index is 6580. The standard InChI is InChI=1S/2C28H25F10N3O5S2.C16H16F3N3O3S.C12H10BrF7O2S/c2*1-17-15-21(47(43,44)14-10-25(29,30)27(34,35)28(36,37)38)6-5-18(17)7-13-48(45,46)41-11-8-24(9-12-41)23(42)39-22(40-24)19-3-2-4-20(16-19)26(31,32)33;1-2-26(24,25)22-8-6-15(7-9-22)14(23)20-13(21-15)11-4-3-5-12(10-11)16(17,18)19;1-7-6-8(2-3-9(7)13)23(21,22)5-4-10(14,15)11(16,17)12(18,19)20/h2*2-7,13,15-16H,8-12,14H2,1H3,(H,39,40,42);2-5,10H,1,6-9H2,(H,20,21,23);2-3,6H,4-5H2,1H3/b2*13-7+;;. The number of alkyl halides is 30. The van der Waals surface area contributed by atoms with Crippen molar-refractivity contribution in [3.05, 3.63) is 216 Å². The third-order valence-electron chi connectivity index (χ3n) is 23.3. The number of nitrogens with zero attached hydrogens (tertiary/aromatic N) is 6. The first-order valence-corrected chi connectivity index (χ1v) is 51.5. The predicted octanol–water partition coefficient (Wildman–Crippen LogP) is 18.1. The lowest BCUT2D eigenvalue weighted by Gasteiger charge is -2.34. The van der Waals surface area contributed by atoms with Gasteiger partial charge in [-0.15, -0.1) is 0 Å². The van der Waals surface area contributed by atoms with E-state index >= 15 is 0 Å². The Morgan fingerprint density at radius 2 is 0.586 bits per heavy atom. The fraction of sp³-hybridized carbons (Fsp3) is 0.429. The molecular weight excluding hydrogens is 2220 g/mol. The number of hydrogen-bond acceptors (Lipinski definition) is 18. The van der Waals surface area contributed by atoms with E-state index in [9.17, 15) is 197 Å². The van der Waals surface area contributed by atoms with Crippen molar-refractivity contribution in [2.45, 2.75) is 182 Å². The molecule has 0 unspecified atom stereocenters. The highest BCUT2D eigenvalue weighted by Crippen LogP contribution is 2.52. The Kier molecular flexibility index (Phi) is 34.1. The first-order valence-electron chi connectivity index (χ1n) is 41.2. The largest absolute Gasteiger partial charge is 0.459 e. The van der Waals surface area contributed by atoms with Crippen LogP contribution in [0.1, 0.15) is 119 Å². The molecule has 3 saturated heterocycles. The van der Waals surface area contributed by atoms with Gasteiger partial charge in [-0.25, -0.2) is 50.5 Å². The summed E-state index contributed by atoms with van der Waals surface area (Å²) in [5, 5.41) is 9.84. The summed E-state index contributed by atoms with van der Waals surface area (Å²) in [6, 6.07) is 22.0. The number of amides is 3. The Balaban J connectivity index is 0.000000226. The lowest BCUT2D eigenvalue weighted by Crippen LogP contribution is -2.52. The average Bonchev–Trinajstić information content (AvgIpc) is 1.59. The second kappa shape index (κ2) is 41.8. The minimum atomic E-state index is -6.61. The second-order valence-electron chi connectivity index (χ2n) is 33.2. The van der Waals surface area contributed by atoms with Crippen LogP contribution in [0.2, 0.25) is 0 Å². The number of amidine groups is 3. The molecule has 12 rings (SSSR count). The Morgan fingerprint density at radius 3 is 0.814 bits per heavy atom. The van der Waals surface area contributed by atoms with Crippen molar-refractivity contribution < 1.29 is 197 Å². The molecule has 6 heterocycles. The van der Waals surface area contributed by atoms with Crippen molar-refractivity contribution in [3.63, 3.8) is 0 Å². The quantitative estimate of drug-likeness (QED) is 0.0425. The van der Waals surface area contributed by atoms with Crippen LogP contribution >= 0.6 is 15.9 Å². The van der Waals surface area contributed by atoms with Crippen molar-refractivity contribution in [1.29, 1.82) is 0 Å². The summed E-state index contributed by atoms with van der Waals surface area (Å²) >= 11 is 3.08. The molecular formula is C84H76BrF30N9O15S6. The summed E-state index contributed by atoms with van der Waals surface area (Å²) in [5.74, 6) is -43.0. The number of sulfone groups is 3. The van der Waals surface area contributed by atoms with Gasteiger partial charge in [-0.05, 0) is 178 Å². The number of nitrogens with one attached hydrogen (secondary N) is 3. The zero-order chi connectivity index (χ0) is 110. The van der Waals surface area contributed by atoms with E-state index in [-0.39, 0.29) is 134 Å². The highest BCUT2D eigenvalue weighted by atomic mass is 79.9. The molecule has 0 bridgehead atoms. The first kappa shape index (κ1) is 118. The lowest BCUT2D eigenvalue weighted by atomic mass is 9.89. The van der Waals surface area contributed by atoms with Gasteiger partial charge in [-0.3, -0.25) is 29.4 Å². The van der Waals surface area contributed by atoms with Gasteiger partial charge >= 0.3 is 72.6 Å². The molecule has 6 aliphatic heterocycles. The van der Waals surface area contributed by atoms with Gasteiger partial charge in [0.15, 0.2) is 29.5 Å². The smallest absolute Gasteiger partial charge is 0.308 e. The molecule has 24 nitrogen and oxygen atoms in total. The SMILES string of the molecule is C=CS(=O)(=O)N1CCC2(CC1)N=C(c1cccc(C(F)(F)F)c1)NC2=O.Cc1cc(S(=O)(=O)CCC(F)(F)C(F)(F)C(F)(F)F)ccc1/C=C/S(=O)(=O)N1CCC2(CC1)N=C(c1cccc(C(F)(F)F)c1)NC2=O.Cc1cc(S(=O)(=O)CCC(F)(F)C(F)(F)C(F)(F)F)ccc1/C=C/S(=O)(=O)N1CCC2(CC1)N=C(c1cccc(C(F)(F)F)c1)NC2=O.Cc1cc(S(=O)(=O)CCC(F)(F)C(F)(F)C(F)(F)F)ccc1Br. The van der Waals surface area contributed by atoms with Crippen LogP contribution < -0.4 is 16.0 Å². The third kappa shape index (κ3) is 26.6. The number of aryl methyl sites for hydroxylation is 3. The highest BCUT2D eigenvalue weighted by Gasteiger charge is 2.75. The van der Waals surface area contributed by atoms with E-state index in [0.29, 0.717) is 10.0 Å². The lowest BCUT2D eigenvalue weighted by molar-refractivity contribution is -0.354. The summed E-state index contributed by atoms with van der Waals surface area (Å²) in [4.78, 5) is 49.2. The van der Waals surface area contributed by atoms with E-state index in [4.69, 9.17) is 0 Å². The average molecular weight is 2290 g/mol. The molecule has 0 aliphatic carbocycles. The Hall–Kier alpha value is -10.1. The number of hydrogen-bond donors (Lipinski definition) is 3. The van der Waals surface area contributed by atoms with Crippen LogP contribution in [0.25, 0.3) is 12.2 Å². The van der Waals surface area contributed by atoms with Crippen molar-refractivity contribution in [3.8, 4) is 0 Å². The molecule has 0 aromatic heterocycles. The Labute approximate surface area is 813 Å². The van der Waals surface area contributed by atoms with Gasteiger partial charge in [-0.1, -0.05) is 71.0 Å². The zero-order valence-electron chi connectivity index (χ0n) is 73.9. The van der Waals surface area contributed by atoms with Crippen molar-refractivity contribution in [2.75, 3.05) is 56.5 Å². The van der Waals surface area contributed by atoms with E-state index < -0.39 is 234 Å². The van der Waals surface area contributed by atoms with Gasteiger partial charge in [0.25, 0.3) is 17.7 Å². The number of sulfonamides is 3. The number of halogens is 31. The van der Waals surface area contributed by atoms with Crippen LogP contribution in [0.4, 0.5) is 132 Å². The first-order chi connectivity index (χ1) is 65.8. The number of carbonyl (C=O) groups excluding carboxylic acids is 3. The molecule has 3 amide bonds. The van der Waals surface area contributed by atoms with Crippen LogP contribution in [0.15, 0.2) is 184 Å². The van der Waals surface area contributed by atoms with Crippen LogP contribution in [-0.2, 0) is 92.5 Å². The summed E-state index contributed by atoms with van der Waals surface area (Å²) in [7, 11) is -25.9. The summed E-state index contributed by atoms with van der Waals surface area (Å²) in [6.07, 6.45) is -38.2. The summed E-state index contributed by atoms with van der Waals surface area (Å²) in [5.41, 5.74) is -5.66. The summed E-state index contributed by atoms with van der Waals surface area (Å²) in [6.45, 7) is 6.74. The van der Waals surface area contributed by atoms with Crippen LogP contribution in [0.3, 0.4) is 0 Å². The van der Waals surface area contributed by atoms with Gasteiger partial charge in [0.2, 0.25) is 30.1 Å². The van der Waals surface area contributed by atoms with Gasteiger partial charge in [0.1, 0.15) is 34.1 Å². The van der Waals surface area contributed by atoms with Gasteiger partial charge in [-0.2, -0.15) is 145 Å². The summed E-state index contributed by atoms with van der Waals surface area (Å²) < 4.78 is 539. The number of carbonyl (C=O) groups is 3. The molecule has 6 aliphatic rings. The van der Waals surface area contributed by atoms with E-state index in [1.54, 1.807) is 0 Å². The van der Waals surface area contributed by atoms with Gasteiger partial charge < -0.3 is 16.0 Å². The van der Waals surface area contributed by atoms with Crippen molar-refractivity contribution >= 4 is 123 Å². The maximum absolute atomic E-state index is 13.6. The number of rotatable bonds is 26. The monoisotopic (exact) mass is 2290 g/mol. The topological polar surface area (TPSA) is 339 Å². The fourth-order valence-electron chi connectivity index (χ4n) is 14.5. The van der Waals surface area contributed by atoms with Gasteiger partial charge in [0.05, 0.1) is 48.6 Å². The van der Waals surface area contributed by atoms with Gasteiger partial charge in [0, 0.05) is 95.9 Å². The van der Waals surface area contributed by atoms with E-state index in [0.717, 1.165) is 134 Å². The minimum absolute atomic E-state index is 0.0168. The number of piperidine rings is 3. The van der Waals surface area contributed by atoms with E-state index in [2.05, 4.69) is 53.4 Å². The normalized spacial score (nSPS) is 18.1. The molecule has 6 aromatic carbocycles. The molecule has 0 saturated carbocycles. The molecule has 145 heavy (non-hydrogen) atoms. The molecule has 800 valence electrons. The van der Waals surface area contributed by atoms with Crippen molar-refractivity contribution in [1.82, 2.24) is 28.9 Å². The predicted molar refractivity (Wildman–Crippen MR) is 463 cm³/mol. The molecule has 6 aromatic rings. The van der Waals surface area contributed by atoms with Crippen LogP contribution in [0.5, 0.6) is 0 Å². The molecule has 0 radical (unpaired) electrons. The maximum Gasteiger partial charge on any atom is 0.459 e. The molecule has 61 heteroatoms. The van der Waals surface area contributed by atoms with Crippen molar-refractivity contribution in [2.24, 2.45) is 15.0 Å². The molecule has 3 spiro atoms. The maximum atomic E-state index is 13.6. The third-order valence-corrected chi connectivity index (χ3v) is 34.0. The second-order valence-corrected chi connectivity index (χ2v) is 45.9. The highest BCUT2D eigenvalue weighted by molar-refractivity contribution is 9.10. The molecule has 3 fully saturated rings. The molecule has 3 N–H and O–H groups in total. The minimum Gasteiger partial charge on any atom is -0.308 e.